The van der Waals surface area contributed by atoms with E-state index in [4.69, 9.17) is 9.47 Å². The van der Waals surface area contributed by atoms with Crippen molar-refractivity contribution in [1.82, 2.24) is 0 Å². The number of ether oxygens (including phenoxy) is 2. The van der Waals surface area contributed by atoms with Crippen LogP contribution in [0.5, 0.6) is 11.5 Å². The van der Waals surface area contributed by atoms with Gasteiger partial charge >= 0.3 is 6.41 Å². The third-order valence-corrected chi connectivity index (χ3v) is 2.04. The maximum absolute atomic E-state index is 10.6. The van der Waals surface area contributed by atoms with E-state index in [1.54, 1.807) is 0 Å². The van der Waals surface area contributed by atoms with E-state index in [9.17, 15) is 25.0 Å². The number of nitro groups is 2. The van der Waals surface area contributed by atoms with Crippen LogP contribution in [0.25, 0.3) is 0 Å². The molecule has 9 heteroatoms. The summed E-state index contributed by atoms with van der Waals surface area (Å²) in [5, 5.41) is 21.0. The van der Waals surface area contributed by atoms with Crippen molar-refractivity contribution in [3.05, 3.63) is 37.9 Å². The maximum atomic E-state index is 10.6. The summed E-state index contributed by atoms with van der Waals surface area (Å²) in [5.74, 6) is -0.205. The number of carbonyl (C=O) groups is 1. The molecule has 1 atom stereocenters. The van der Waals surface area contributed by atoms with Crippen molar-refractivity contribution in [2.45, 2.75) is 6.41 Å². The van der Waals surface area contributed by atoms with Crippen LogP contribution in [0.4, 0.5) is 5.69 Å². The minimum Gasteiger partial charge on any atom is -0.394 e. The minimum atomic E-state index is -1.74. The Morgan fingerprint density at radius 2 is 1.76 bits per heavy atom. The summed E-state index contributed by atoms with van der Waals surface area (Å²) in [5.41, 5.74) is -0.729. The third-order valence-electron chi connectivity index (χ3n) is 2.04. The van der Waals surface area contributed by atoms with Crippen molar-refractivity contribution < 1.29 is 24.1 Å². The van der Waals surface area contributed by atoms with Crippen LogP contribution in [0.15, 0.2) is 12.1 Å². The summed E-state index contributed by atoms with van der Waals surface area (Å²) in [6, 6.07) is 1.95. The number of rotatable bonds is 3. The lowest BCUT2D eigenvalue weighted by molar-refractivity contribution is -0.600. The second-order valence-corrected chi connectivity index (χ2v) is 3.06. The van der Waals surface area contributed by atoms with E-state index < -0.39 is 21.9 Å². The zero-order valence-electron chi connectivity index (χ0n) is 8.06. The smallest absolute Gasteiger partial charge is 0.394 e. The molecule has 0 fully saturated rings. The van der Waals surface area contributed by atoms with E-state index in [2.05, 4.69) is 0 Å². The van der Waals surface area contributed by atoms with Gasteiger partial charge < -0.3 is 9.47 Å². The molecule has 0 saturated carbocycles. The van der Waals surface area contributed by atoms with E-state index in [-0.39, 0.29) is 23.3 Å². The monoisotopic (exact) mass is 240 g/mol. The lowest BCUT2D eigenvalue weighted by Crippen LogP contribution is -2.27. The Bertz CT molecular complexity index is 527. The Balaban J connectivity index is 2.46. The quantitative estimate of drug-likeness (QED) is 0.433. The molecule has 1 aromatic rings. The SMILES string of the molecule is O=Cc1cc2c(cc1[N+](=O)[O-])OC([N+](=O)[O-])O2. The van der Waals surface area contributed by atoms with Crippen molar-refractivity contribution in [3.63, 3.8) is 0 Å². The van der Waals surface area contributed by atoms with E-state index in [1.807, 2.05) is 0 Å². The highest BCUT2D eigenvalue weighted by Crippen LogP contribution is 2.39. The molecule has 0 aromatic heterocycles. The summed E-state index contributed by atoms with van der Waals surface area (Å²) in [6.45, 7) is 0. The first-order chi connectivity index (χ1) is 8.02. The van der Waals surface area contributed by atoms with Crippen molar-refractivity contribution in [2.24, 2.45) is 0 Å². The molecule has 1 aliphatic rings. The van der Waals surface area contributed by atoms with Crippen molar-refractivity contribution >= 4 is 12.0 Å². The van der Waals surface area contributed by atoms with Crippen LogP contribution in [-0.4, -0.2) is 22.5 Å². The summed E-state index contributed by atoms with van der Waals surface area (Å²) < 4.78 is 9.46. The van der Waals surface area contributed by atoms with Crippen LogP contribution in [0.2, 0.25) is 0 Å². The average Bonchev–Trinajstić information content (AvgIpc) is 2.69. The first kappa shape index (κ1) is 10.8. The molecule has 0 N–H and O–H groups in total. The summed E-state index contributed by atoms with van der Waals surface area (Å²) >= 11 is 0. The lowest BCUT2D eigenvalue weighted by atomic mass is 10.2. The molecule has 17 heavy (non-hydrogen) atoms. The molecule has 88 valence electrons. The molecule has 0 amide bonds. The first-order valence-corrected chi connectivity index (χ1v) is 4.27. The van der Waals surface area contributed by atoms with E-state index >= 15 is 0 Å². The predicted octanol–water partition coefficient (Wildman–Crippen LogP) is 0.739. The lowest BCUT2D eigenvalue weighted by Gasteiger charge is -1.98. The van der Waals surface area contributed by atoms with Gasteiger partial charge in [-0.3, -0.25) is 25.0 Å². The van der Waals surface area contributed by atoms with Gasteiger partial charge in [-0.15, -0.1) is 0 Å². The second kappa shape index (κ2) is 3.70. The molecule has 0 saturated heterocycles. The van der Waals surface area contributed by atoms with Gasteiger partial charge in [0.05, 0.1) is 16.6 Å². The van der Waals surface area contributed by atoms with Gasteiger partial charge in [0.25, 0.3) is 5.69 Å². The fourth-order valence-electron chi connectivity index (χ4n) is 1.33. The standard InChI is InChI=1S/C8H4N2O7/c11-3-4-1-6-7(2-5(4)9(12)13)17-8(16-6)10(14)15/h1-3,8H. The van der Waals surface area contributed by atoms with Crippen LogP contribution >= 0.6 is 0 Å². The molecule has 1 aromatic carbocycles. The van der Waals surface area contributed by atoms with Gasteiger partial charge in [-0.05, 0) is 0 Å². The van der Waals surface area contributed by atoms with Crippen molar-refractivity contribution in [1.29, 1.82) is 0 Å². The molecule has 1 heterocycles. The van der Waals surface area contributed by atoms with Gasteiger partial charge in [0.15, 0.2) is 17.8 Å². The van der Waals surface area contributed by atoms with Crippen molar-refractivity contribution in [2.75, 3.05) is 0 Å². The van der Waals surface area contributed by atoms with Crippen molar-refractivity contribution in [3.8, 4) is 11.5 Å². The highest BCUT2D eigenvalue weighted by molar-refractivity contribution is 5.83. The molecule has 2 rings (SSSR count). The summed E-state index contributed by atoms with van der Waals surface area (Å²) in [4.78, 5) is 30.0. The maximum Gasteiger partial charge on any atom is 0.517 e. The number of benzene rings is 1. The molecule has 1 unspecified atom stereocenters. The van der Waals surface area contributed by atoms with Crippen LogP contribution in [0.3, 0.4) is 0 Å². The van der Waals surface area contributed by atoms with Crippen LogP contribution in [-0.2, 0) is 0 Å². The van der Waals surface area contributed by atoms with E-state index in [0.29, 0.717) is 0 Å². The summed E-state index contributed by atoms with van der Waals surface area (Å²) in [6.07, 6.45) is -1.48. The average molecular weight is 240 g/mol. The highest BCUT2D eigenvalue weighted by Gasteiger charge is 2.36. The Kier molecular flexibility index (Phi) is 2.35. The number of hydrogen-bond acceptors (Lipinski definition) is 7. The number of hydrogen-bond donors (Lipinski definition) is 0. The molecule has 0 aliphatic carbocycles. The molecule has 1 aliphatic heterocycles. The topological polar surface area (TPSA) is 122 Å². The first-order valence-electron chi connectivity index (χ1n) is 4.27. The fraction of sp³-hybridized carbons (Fsp3) is 0.125. The minimum absolute atomic E-state index is 0.0700. The number of aldehydes is 1. The van der Waals surface area contributed by atoms with Gasteiger partial charge in [0, 0.05) is 6.07 Å². The molecular weight excluding hydrogens is 236 g/mol. The molecule has 0 bridgehead atoms. The van der Waals surface area contributed by atoms with Gasteiger partial charge in [-0.25, -0.2) is 0 Å². The number of fused-ring (bicyclic) bond motifs is 1. The number of nitrogens with zero attached hydrogens (tertiary/aromatic N) is 2. The molecule has 0 radical (unpaired) electrons. The zero-order chi connectivity index (χ0) is 12.6. The third kappa shape index (κ3) is 1.73. The summed E-state index contributed by atoms with van der Waals surface area (Å²) in [7, 11) is 0. The fourth-order valence-corrected chi connectivity index (χ4v) is 1.33. The molecule has 0 spiro atoms. The van der Waals surface area contributed by atoms with E-state index in [1.165, 1.54) is 0 Å². The van der Waals surface area contributed by atoms with Gasteiger partial charge in [-0.2, -0.15) is 0 Å². The highest BCUT2D eigenvalue weighted by atomic mass is 16.8. The Morgan fingerprint density at radius 1 is 1.18 bits per heavy atom. The number of nitro benzene ring substituents is 1. The molecule has 9 nitrogen and oxygen atoms in total. The number of carbonyl (C=O) groups excluding carboxylic acids is 1. The normalized spacial score (nSPS) is 16.6. The predicted molar refractivity (Wildman–Crippen MR) is 50.5 cm³/mol. The Hall–Kier alpha value is -2.71. The van der Waals surface area contributed by atoms with E-state index in [0.717, 1.165) is 12.1 Å². The van der Waals surface area contributed by atoms with Gasteiger partial charge in [0.2, 0.25) is 0 Å². The van der Waals surface area contributed by atoms with Crippen LogP contribution < -0.4 is 9.47 Å². The Labute approximate surface area is 92.9 Å². The van der Waals surface area contributed by atoms with Gasteiger partial charge in [0.1, 0.15) is 4.92 Å². The Morgan fingerprint density at radius 3 is 2.24 bits per heavy atom. The second-order valence-electron chi connectivity index (χ2n) is 3.06. The van der Waals surface area contributed by atoms with Crippen LogP contribution in [0.1, 0.15) is 10.4 Å². The van der Waals surface area contributed by atoms with Crippen LogP contribution in [0, 0.1) is 20.2 Å². The largest absolute Gasteiger partial charge is 0.517 e. The van der Waals surface area contributed by atoms with Gasteiger partial charge in [-0.1, -0.05) is 0 Å². The zero-order valence-corrected chi connectivity index (χ0v) is 8.06. The molecular formula is C8H4N2O7.